The van der Waals surface area contributed by atoms with Crippen molar-refractivity contribution in [1.82, 2.24) is 9.78 Å². The van der Waals surface area contributed by atoms with Gasteiger partial charge in [0.05, 0.1) is 25.0 Å². The van der Waals surface area contributed by atoms with Crippen LogP contribution < -0.4 is 10.5 Å². The van der Waals surface area contributed by atoms with Crippen LogP contribution in [0.15, 0.2) is 36.5 Å². The van der Waals surface area contributed by atoms with E-state index < -0.39 is 0 Å². The molecule has 1 unspecified atom stereocenters. The maximum absolute atomic E-state index is 6.56. The van der Waals surface area contributed by atoms with Gasteiger partial charge in [0, 0.05) is 12.0 Å². The monoisotopic (exact) mass is 273 g/mol. The molecular weight excluding hydrogens is 250 g/mol. The maximum atomic E-state index is 6.56. The number of nitrogens with two attached hydrogens (primary N) is 1. The lowest BCUT2D eigenvalue weighted by Gasteiger charge is -2.33. The van der Waals surface area contributed by atoms with Crippen LogP contribution in [-0.2, 0) is 12.0 Å². The molecule has 2 rings (SSSR count). The highest BCUT2D eigenvalue weighted by Gasteiger charge is 2.34. The van der Waals surface area contributed by atoms with Gasteiger partial charge in [-0.2, -0.15) is 5.10 Å². The highest BCUT2D eigenvalue weighted by molar-refractivity contribution is 5.35. The van der Waals surface area contributed by atoms with Gasteiger partial charge in [0.2, 0.25) is 0 Å². The number of methoxy groups -OCH3 is 1. The van der Waals surface area contributed by atoms with Gasteiger partial charge in [0.15, 0.2) is 5.75 Å². The van der Waals surface area contributed by atoms with Crippen LogP contribution in [0.5, 0.6) is 5.75 Å². The predicted molar refractivity (Wildman–Crippen MR) is 80.8 cm³/mol. The molecule has 0 aliphatic heterocycles. The third kappa shape index (κ3) is 2.43. The average molecular weight is 273 g/mol. The molecule has 1 aromatic carbocycles. The first-order valence-electron chi connectivity index (χ1n) is 6.93. The van der Waals surface area contributed by atoms with E-state index >= 15 is 0 Å². The van der Waals surface area contributed by atoms with Crippen LogP contribution in [0.25, 0.3) is 0 Å². The molecule has 1 atom stereocenters. The number of rotatable bonds is 5. The smallest absolute Gasteiger partial charge is 0.161 e. The summed E-state index contributed by atoms with van der Waals surface area (Å²) in [5.74, 6) is 0.753. The summed E-state index contributed by atoms with van der Waals surface area (Å²) in [7, 11) is 1.66. The fraction of sp³-hybridized carbons (Fsp3) is 0.438. The Labute approximate surface area is 120 Å². The van der Waals surface area contributed by atoms with Crippen LogP contribution >= 0.6 is 0 Å². The summed E-state index contributed by atoms with van der Waals surface area (Å²) in [6, 6.07) is 10.1. The molecule has 0 aliphatic rings. The van der Waals surface area contributed by atoms with E-state index in [1.165, 1.54) is 5.56 Å². The number of benzene rings is 1. The zero-order chi connectivity index (χ0) is 14.8. The van der Waals surface area contributed by atoms with Gasteiger partial charge in [-0.3, -0.25) is 4.68 Å². The molecule has 1 heterocycles. The van der Waals surface area contributed by atoms with Gasteiger partial charge < -0.3 is 10.5 Å². The molecule has 0 fully saturated rings. The number of ether oxygens (including phenoxy) is 1. The second-order valence-electron chi connectivity index (χ2n) is 5.48. The largest absolute Gasteiger partial charge is 0.493 e. The van der Waals surface area contributed by atoms with E-state index in [0.29, 0.717) is 0 Å². The first-order chi connectivity index (χ1) is 9.52. The third-order valence-electron chi connectivity index (χ3n) is 3.95. The van der Waals surface area contributed by atoms with Gasteiger partial charge in [-0.25, -0.2) is 0 Å². The third-order valence-corrected chi connectivity index (χ3v) is 3.95. The molecule has 0 spiro atoms. The number of hydrogen-bond donors (Lipinski definition) is 1. The lowest BCUT2D eigenvalue weighted by molar-refractivity contribution is 0.361. The highest BCUT2D eigenvalue weighted by atomic mass is 16.5. The summed E-state index contributed by atoms with van der Waals surface area (Å²) in [5, 5.41) is 4.35. The summed E-state index contributed by atoms with van der Waals surface area (Å²) in [6.45, 7) is 7.13. The van der Waals surface area contributed by atoms with E-state index in [4.69, 9.17) is 10.5 Å². The first kappa shape index (κ1) is 14.6. The van der Waals surface area contributed by atoms with Gasteiger partial charge >= 0.3 is 0 Å². The molecule has 1 aromatic heterocycles. The Hall–Kier alpha value is -1.81. The first-order valence-corrected chi connectivity index (χ1v) is 6.93. The lowest BCUT2D eigenvalue weighted by Crippen LogP contribution is -2.35. The van der Waals surface area contributed by atoms with E-state index in [-0.39, 0.29) is 11.5 Å². The van der Waals surface area contributed by atoms with E-state index in [1.54, 1.807) is 13.3 Å². The predicted octanol–water partition coefficient (Wildman–Crippen LogP) is 2.89. The Morgan fingerprint density at radius 1 is 1.30 bits per heavy atom. The fourth-order valence-electron chi connectivity index (χ4n) is 2.49. The molecule has 0 saturated heterocycles. The SMILES string of the molecule is CCn1ncc(OC)c1C(N)C(C)(C)c1ccccc1. The van der Waals surface area contributed by atoms with Crippen LogP contribution in [0.4, 0.5) is 0 Å². The van der Waals surface area contributed by atoms with Gasteiger partial charge in [0.25, 0.3) is 0 Å². The molecule has 0 saturated carbocycles. The second-order valence-corrected chi connectivity index (χ2v) is 5.48. The zero-order valence-electron chi connectivity index (χ0n) is 12.6. The molecular formula is C16H23N3O. The minimum absolute atomic E-state index is 0.192. The second kappa shape index (κ2) is 5.67. The Bertz CT molecular complexity index is 539. The minimum Gasteiger partial charge on any atom is -0.493 e. The summed E-state index contributed by atoms with van der Waals surface area (Å²) in [6.07, 6.45) is 1.74. The van der Waals surface area contributed by atoms with Crippen molar-refractivity contribution in [2.24, 2.45) is 5.73 Å². The van der Waals surface area contributed by atoms with Crippen molar-refractivity contribution >= 4 is 0 Å². The molecule has 4 heteroatoms. The van der Waals surface area contributed by atoms with E-state index in [2.05, 4.69) is 38.0 Å². The van der Waals surface area contributed by atoms with Gasteiger partial charge in [-0.1, -0.05) is 44.2 Å². The van der Waals surface area contributed by atoms with Crippen LogP contribution in [0.3, 0.4) is 0 Å². The molecule has 4 nitrogen and oxygen atoms in total. The zero-order valence-corrected chi connectivity index (χ0v) is 12.6. The van der Waals surface area contributed by atoms with Crippen LogP contribution in [0, 0.1) is 0 Å². The Balaban J connectivity index is 2.45. The molecule has 0 radical (unpaired) electrons. The summed E-state index contributed by atoms with van der Waals surface area (Å²) in [5.41, 5.74) is 8.51. The molecule has 108 valence electrons. The number of hydrogen-bond acceptors (Lipinski definition) is 3. The normalized spacial score (nSPS) is 13.2. The number of nitrogens with zero attached hydrogens (tertiary/aromatic N) is 2. The van der Waals surface area contributed by atoms with Crippen molar-refractivity contribution in [3.05, 3.63) is 47.8 Å². The highest BCUT2D eigenvalue weighted by Crippen LogP contribution is 2.38. The molecule has 0 bridgehead atoms. The van der Waals surface area contributed by atoms with Crippen LogP contribution in [0.1, 0.15) is 38.1 Å². The Morgan fingerprint density at radius 3 is 2.50 bits per heavy atom. The van der Waals surface area contributed by atoms with Crippen molar-refractivity contribution in [2.45, 2.75) is 38.8 Å². The minimum atomic E-state index is -0.207. The van der Waals surface area contributed by atoms with Gasteiger partial charge in [-0.15, -0.1) is 0 Å². The maximum Gasteiger partial charge on any atom is 0.161 e. The molecule has 20 heavy (non-hydrogen) atoms. The van der Waals surface area contributed by atoms with E-state index in [9.17, 15) is 0 Å². The van der Waals surface area contributed by atoms with E-state index in [1.807, 2.05) is 22.9 Å². The molecule has 2 aromatic rings. The Kier molecular flexibility index (Phi) is 4.14. The van der Waals surface area contributed by atoms with Crippen molar-refractivity contribution in [3.63, 3.8) is 0 Å². The van der Waals surface area contributed by atoms with Gasteiger partial charge in [0.1, 0.15) is 0 Å². The van der Waals surface area contributed by atoms with Crippen LogP contribution in [0.2, 0.25) is 0 Å². The molecule has 2 N–H and O–H groups in total. The average Bonchev–Trinajstić information content (AvgIpc) is 2.90. The quantitative estimate of drug-likeness (QED) is 0.911. The van der Waals surface area contributed by atoms with E-state index in [0.717, 1.165) is 18.0 Å². The van der Waals surface area contributed by atoms with Crippen molar-refractivity contribution in [2.75, 3.05) is 7.11 Å². The van der Waals surface area contributed by atoms with Crippen LogP contribution in [-0.4, -0.2) is 16.9 Å². The van der Waals surface area contributed by atoms with Crippen molar-refractivity contribution in [3.8, 4) is 5.75 Å². The fourth-order valence-corrected chi connectivity index (χ4v) is 2.49. The van der Waals surface area contributed by atoms with Crippen molar-refractivity contribution < 1.29 is 4.74 Å². The standard InChI is InChI=1S/C16H23N3O/c1-5-19-14(13(20-4)11-18-19)15(17)16(2,3)12-9-7-6-8-10-12/h6-11,15H,5,17H2,1-4H3. The summed E-state index contributed by atoms with van der Waals surface area (Å²) in [4.78, 5) is 0. The topological polar surface area (TPSA) is 53.1 Å². The van der Waals surface area contributed by atoms with Gasteiger partial charge in [-0.05, 0) is 12.5 Å². The summed E-state index contributed by atoms with van der Waals surface area (Å²) >= 11 is 0. The number of aromatic nitrogens is 2. The lowest BCUT2D eigenvalue weighted by atomic mass is 9.76. The molecule has 0 amide bonds. The molecule has 0 aliphatic carbocycles. The number of aryl methyl sites for hydroxylation is 1. The Morgan fingerprint density at radius 2 is 1.95 bits per heavy atom. The van der Waals surface area contributed by atoms with Crippen molar-refractivity contribution in [1.29, 1.82) is 0 Å². The summed E-state index contributed by atoms with van der Waals surface area (Å²) < 4.78 is 7.33.